The van der Waals surface area contributed by atoms with E-state index in [4.69, 9.17) is 4.74 Å². The molecule has 8 heteroatoms. The molecule has 3 aromatic carbocycles. The Balaban J connectivity index is 1.59. The van der Waals surface area contributed by atoms with E-state index in [9.17, 15) is 22.4 Å². The van der Waals surface area contributed by atoms with Crippen LogP contribution in [0.5, 0.6) is 5.75 Å². The number of carbonyl (C=O) groups excluding carboxylic acids is 1. The summed E-state index contributed by atoms with van der Waals surface area (Å²) >= 11 is 0. The Morgan fingerprint density at radius 2 is 1.89 bits per heavy atom. The van der Waals surface area contributed by atoms with Crippen molar-refractivity contribution in [2.45, 2.75) is 25.7 Å². The van der Waals surface area contributed by atoms with Gasteiger partial charge in [0.15, 0.2) is 11.6 Å². The van der Waals surface area contributed by atoms with Gasteiger partial charge in [0.05, 0.1) is 29.9 Å². The predicted molar refractivity (Wildman–Crippen MR) is 124 cm³/mol. The lowest BCUT2D eigenvalue weighted by atomic mass is 9.92. The molecule has 0 bridgehead atoms. The van der Waals surface area contributed by atoms with Crippen molar-refractivity contribution in [2.24, 2.45) is 0 Å². The normalized spacial score (nSPS) is 14.9. The highest BCUT2D eigenvalue weighted by Gasteiger charge is 2.28. The van der Waals surface area contributed by atoms with E-state index in [1.807, 2.05) is 31.2 Å². The van der Waals surface area contributed by atoms with Crippen molar-refractivity contribution in [1.82, 2.24) is 4.98 Å². The third kappa shape index (κ3) is 3.99. The fourth-order valence-corrected chi connectivity index (χ4v) is 4.61. The van der Waals surface area contributed by atoms with Gasteiger partial charge in [-0.15, -0.1) is 0 Å². The maximum Gasteiger partial charge on any atom is 0.232 e. The van der Waals surface area contributed by atoms with E-state index < -0.39 is 34.8 Å². The Morgan fingerprint density at radius 3 is 2.69 bits per heavy atom. The maximum atomic E-state index is 14.8. The number of pyridine rings is 1. The number of aryl methyl sites for hydroxylation is 1. The van der Waals surface area contributed by atoms with Crippen LogP contribution in [0, 0.1) is 23.3 Å². The number of carbonyl (C=O) groups is 1. The minimum atomic E-state index is -1.42. The second-order valence-corrected chi connectivity index (χ2v) is 8.29. The molecule has 4 aromatic rings. The van der Waals surface area contributed by atoms with E-state index >= 15 is 0 Å². The van der Waals surface area contributed by atoms with E-state index in [2.05, 4.69) is 10.3 Å². The van der Waals surface area contributed by atoms with Crippen LogP contribution >= 0.6 is 0 Å². The molecule has 0 unspecified atom stereocenters. The van der Waals surface area contributed by atoms with Crippen molar-refractivity contribution in [1.29, 1.82) is 0 Å². The molecule has 1 atom stereocenters. The Hall–Kier alpha value is -3.94. The van der Waals surface area contributed by atoms with Gasteiger partial charge in [-0.1, -0.05) is 25.1 Å². The van der Waals surface area contributed by atoms with Crippen LogP contribution in [0.3, 0.4) is 0 Å². The van der Waals surface area contributed by atoms with Gasteiger partial charge in [-0.2, -0.15) is 0 Å². The zero-order valence-electron chi connectivity index (χ0n) is 18.7. The van der Waals surface area contributed by atoms with Crippen LogP contribution in [0.25, 0.3) is 22.0 Å². The molecule has 0 fully saturated rings. The van der Waals surface area contributed by atoms with Gasteiger partial charge in [0, 0.05) is 28.1 Å². The molecule has 178 valence electrons. The Bertz CT molecular complexity index is 1470. The van der Waals surface area contributed by atoms with Crippen molar-refractivity contribution in [3.63, 3.8) is 0 Å². The first kappa shape index (κ1) is 22.8. The number of benzene rings is 3. The van der Waals surface area contributed by atoms with Crippen LogP contribution in [-0.4, -0.2) is 17.5 Å². The van der Waals surface area contributed by atoms with Gasteiger partial charge in [0.2, 0.25) is 5.91 Å². The summed E-state index contributed by atoms with van der Waals surface area (Å²) in [6.07, 6.45) is 2.30. The molecule has 1 aromatic heterocycles. The molecule has 1 N–H and O–H groups in total. The van der Waals surface area contributed by atoms with Gasteiger partial charge in [-0.25, -0.2) is 17.6 Å². The number of amides is 1. The quantitative estimate of drug-likeness (QED) is 0.267. The first-order valence-corrected chi connectivity index (χ1v) is 11.2. The van der Waals surface area contributed by atoms with Gasteiger partial charge in [-0.3, -0.25) is 9.78 Å². The average molecular weight is 480 g/mol. The van der Waals surface area contributed by atoms with Crippen LogP contribution < -0.4 is 10.1 Å². The standard InChI is InChI=1S/C27H20F4N2O2/c1-2-15-17-7-8-20(29)24(19-11-14(28)12-21(30)25(19)31)26(17)32-13-22(15)33-27(34)18-9-10-35-23-6-4-3-5-16(18)23/h3-8,11-13,18H,2,9-10H2,1H3,(H,33,34)/t18-/m0/s1. The van der Waals surface area contributed by atoms with E-state index in [1.165, 1.54) is 12.3 Å². The Labute approximate surface area is 198 Å². The van der Waals surface area contributed by atoms with Crippen molar-refractivity contribution in [3.8, 4) is 16.9 Å². The average Bonchev–Trinajstić information content (AvgIpc) is 2.86. The molecular formula is C27H20F4N2O2. The highest BCUT2D eigenvalue weighted by molar-refractivity contribution is 6.02. The molecular weight excluding hydrogens is 460 g/mol. The molecule has 0 saturated carbocycles. The number of para-hydroxylation sites is 1. The number of fused-ring (bicyclic) bond motifs is 2. The monoisotopic (exact) mass is 480 g/mol. The van der Waals surface area contributed by atoms with E-state index in [0.717, 1.165) is 17.7 Å². The smallest absolute Gasteiger partial charge is 0.232 e. The minimum Gasteiger partial charge on any atom is -0.493 e. The highest BCUT2D eigenvalue weighted by atomic mass is 19.2. The lowest BCUT2D eigenvalue weighted by Crippen LogP contribution is -2.27. The van der Waals surface area contributed by atoms with E-state index in [1.54, 1.807) is 0 Å². The van der Waals surface area contributed by atoms with Gasteiger partial charge >= 0.3 is 0 Å². The van der Waals surface area contributed by atoms with Gasteiger partial charge in [0.25, 0.3) is 0 Å². The molecule has 4 nitrogen and oxygen atoms in total. The number of rotatable bonds is 4. The van der Waals surface area contributed by atoms with Crippen molar-refractivity contribution in [3.05, 3.63) is 89.1 Å². The summed E-state index contributed by atoms with van der Waals surface area (Å²) < 4.78 is 62.7. The number of halogens is 4. The first-order chi connectivity index (χ1) is 16.9. The fraction of sp³-hybridized carbons (Fsp3) is 0.185. The number of hydrogen-bond donors (Lipinski definition) is 1. The number of aromatic nitrogens is 1. The zero-order valence-corrected chi connectivity index (χ0v) is 18.7. The van der Waals surface area contributed by atoms with Crippen LogP contribution in [0.15, 0.2) is 54.7 Å². The topological polar surface area (TPSA) is 51.2 Å². The van der Waals surface area contributed by atoms with Crippen LogP contribution in [0.4, 0.5) is 23.2 Å². The third-order valence-electron chi connectivity index (χ3n) is 6.25. The summed E-state index contributed by atoms with van der Waals surface area (Å²) in [5.74, 6) is -4.69. The molecule has 2 heterocycles. The Kier molecular flexibility index (Phi) is 5.88. The molecule has 1 amide bonds. The van der Waals surface area contributed by atoms with Crippen LogP contribution in [0.2, 0.25) is 0 Å². The minimum absolute atomic E-state index is 0.0418. The zero-order chi connectivity index (χ0) is 24.7. The second-order valence-electron chi connectivity index (χ2n) is 8.29. The van der Waals surface area contributed by atoms with Crippen molar-refractivity contribution < 1.29 is 27.1 Å². The molecule has 0 spiro atoms. The lowest BCUT2D eigenvalue weighted by molar-refractivity contribution is -0.118. The van der Waals surface area contributed by atoms with E-state index in [-0.39, 0.29) is 17.0 Å². The summed E-state index contributed by atoms with van der Waals surface area (Å²) in [5.41, 5.74) is 0.996. The SMILES string of the molecule is CCc1c(NC(=O)[C@H]2CCOc3ccccc32)cnc2c(-c3cc(F)cc(F)c3F)c(F)ccc12. The number of anilines is 1. The molecule has 0 aliphatic carbocycles. The molecule has 35 heavy (non-hydrogen) atoms. The third-order valence-corrected chi connectivity index (χ3v) is 6.25. The number of hydrogen-bond acceptors (Lipinski definition) is 3. The van der Waals surface area contributed by atoms with E-state index in [0.29, 0.717) is 47.9 Å². The highest BCUT2D eigenvalue weighted by Crippen LogP contribution is 2.38. The molecule has 0 radical (unpaired) electrons. The number of nitrogens with one attached hydrogen (secondary N) is 1. The number of ether oxygens (including phenoxy) is 1. The lowest BCUT2D eigenvalue weighted by Gasteiger charge is -2.25. The fourth-order valence-electron chi connectivity index (χ4n) is 4.61. The summed E-state index contributed by atoms with van der Waals surface area (Å²) in [6.45, 7) is 2.25. The maximum absolute atomic E-state index is 14.8. The van der Waals surface area contributed by atoms with Crippen LogP contribution in [0.1, 0.15) is 30.4 Å². The number of nitrogens with zero attached hydrogens (tertiary/aromatic N) is 1. The van der Waals surface area contributed by atoms with Crippen molar-refractivity contribution in [2.75, 3.05) is 11.9 Å². The predicted octanol–water partition coefficient (Wildman–Crippen LogP) is 6.53. The largest absolute Gasteiger partial charge is 0.493 e. The summed E-state index contributed by atoms with van der Waals surface area (Å²) in [7, 11) is 0. The molecule has 0 saturated heterocycles. The first-order valence-electron chi connectivity index (χ1n) is 11.2. The second kappa shape index (κ2) is 9.02. The molecule has 1 aliphatic rings. The van der Waals surface area contributed by atoms with Crippen LogP contribution in [-0.2, 0) is 11.2 Å². The summed E-state index contributed by atoms with van der Waals surface area (Å²) in [5, 5.41) is 3.37. The molecule has 1 aliphatic heterocycles. The molecule has 5 rings (SSSR count). The summed E-state index contributed by atoms with van der Waals surface area (Å²) in [6, 6.07) is 11.0. The van der Waals surface area contributed by atoms with Gasteiger partial charge in [0.1, 0.15) is 17.4 Å². The van der Waals surface area contributed by atoms with Gasteiger partial charge in [-0.05, 0) is 42.7 Å². The summed E-state index contributed by atoms with van der Waals surface area (Å²) in [4.78, 5) is 17.5. The Morgan fingerprint density at radius 1 is 1.09 bits per heavy atom. The van der Waals surface area contributed by atoms with Crippen molar-refractivity contribution >= 4 is 22.5 Å². The van der Waals surface area contributed by atoms with Gasteiger partial charge < -0.3 is 10.1 Å².